The van der Waals surface area contributed by atoms with Gasteiger partial charge in [0.05, 0.1) is 30.0 Å². The molecule has 0 bridgehead atoms. The fraction of sp³-hybridized carbons (Fsp3) is 0.562. The molecule has 0 aliphatic carbocycles. The van der Waals surface area contributed by atoms with Crippen molar-refractivity contribution in [3.05, 3.63) is 40.1 Å². The van der Waals surface area contributed by atoms with Crippen LogP contribution >= 0.6 is 11.3 Å². The summed E-state index contributed by atoms with van der Waals surface area (Å²) in [6, 6.07) is 4.61. The molecule has 4 nitrogen and oxygen atoms in total. The van der Waals surface area contributed by atoms with Crippen LogP contribution in [0.2, 0.25) is 0 Å². The molecule has 1 atom stereocenters. The van der Waals surface area contributed by atoms with E-state index in [0.717, 1.165) is 26.3 Å². The lowest BCUT2D eigenvalue weighted by molar-refractivity contribution is -0.0156. The van der Waals surface area contributed by atoms with Crippen LogP contribution in [0, 0.1) is 0 Å². The monoisotopic (exact) mass is 305 g/mol. The molecular weight excluding hydrogens is 282 g/mol. The Bertz CT molecular complexity index is 590. The molecule has 1 aliphatic heterocycles. The smallest absolute Gasteiger partial charge is 0.0954 e. The van der Waals surface area contributed by atoms with Crippen molar-refractivity contribution in [1.82, 2.24) is 14.5 Å². The van der Waals surface area contributed by atoms with Gasteiger partial charge in [-0.25, -0.2) is 4.98 Å². The zero-order valence-electron chi connectivity index (χ0n) is 13.0. The molecule has 3 heterocycles. The van der Waals surface area contributed by atoms with Crippen LogP contribution in [0.25, 0.3) is 0 Å². The first kappa shape index (κ1) is 14.8. The molecule has 0 N–H and O–H groups in total. The third-order valence-corrected chi connectivity index (χ3v) is 5.19. The fourth-order valence-corrected chi connectivity index (χ4v) is 3.61. The molecule has 0 saturated carbocycles. The van der Waals surface area contributed by atoms with Gasteiger partial charge in [-0.3, -0.25) is 4.90 Å². The standard InChI is InChI=1S/C16H23N3OS/c1-12(2)16-17-13(11-21-16)9-19-7-8-20-10-15(19)14-5-4-6-18(14)3/h4-6,11-12,15H,7-10H2,1-3H3/t15-/m0/s1. The maximum absolute atomic E-state index is 5.70. The Labute approximate surface area is 130 Å². The van der Waals surface area contributed by atoms with Gasteiger partial charge in [0.2, 0.25) is 0 Å². The average Bonchev–Trinajstić information content (AvgIpc) is 3.09. The number of rotatable bonds is 4. The van der Waals surface area contributed by atoms with E-state index in [-0.39, 0.29) is 0 Å². The highest BCUT2D eigenvalue weighted by Gasteiger charge is 2.26. The normalized spacial score (nSPS) is 20.3. The lowest BCUT2D eigenvalue weighted by Gasteiger charge is -2.35. The SMILES string of the molecule is CC(C)c1nc(CN2CCOC[C@H]2c2cccn2C)cs1. The summed E-state index contributed by atoms with van der Waals surface area (Å²) in [5, 5.41) is 3.43. The second-order valence-corrected chi connectivity index (χ2v) is 6.83. The number of thiazole rings is 1. The van der Waals surface area contributed by atoms with E-state index in [0.29, 0.717) is 12.0 Å². The average molecular weight is 305 g/mol. The largest absolute Gasteiger partial charge is 0.378 e. The van der Waals surface area contributed by atoms with E-state index in [1.165, 1.54) is 16.4 Å². The Morgan fingerprint density at radius 3 is 3.00 bits per heavy atom. The molecule has 0 spiro atoms. The first-order valence-corrected chi connectivity index (χ1v) is 8.40. The van der Waals surface area contributed by atoms with Gasteiger partial charge in [-0.1, -0.05) is 13.8 Å². The topological polar surface area (TPSA) is 30.3 Å². The molecule has 3 rings (SSSR count). The van der Waals surface area contributed by atoms with Crippen LogP contribution in [-0.2, 0) is 18.3 Å². The number of hydrogen-bond acceptors (Lipinski definition) is 4. The zero-order chi connectivity index (χ0) is 14.8. The number of nitrogens with zero attached hydrogens (tertiary/aromatic N) is 3. The highest BCUT2D eigenvalue weighted by molar-refractivity contribution is 7.09. The lowest BCUT2D eigenvalue weighted by Crippen LogP contribution is -2.39. The van der Waals surface area contributed by atoms with Gasteiger partial charge in [0.25, 0.3) is 0 Å². The summed E-state index contributed by atoms with van der Waals surface area (Å²) in [7, 11) is 2.10. The van der Waals surface area contributed by atoms with Gasteiger partial charge in [-0.15, -0.1) is 11.3 Å². The van der Waals surface area contributed by atoms with E-state index in [4.69, 9.17) is 9.72 Å². The summed E-state index contributed by atoms with van der Waals surface area (Å²) >= 11 is 1.77. The minimum Gasteiger partial charge on any atom is -0.378 e. The molecule has 1 aliphatic rings. The molecule has 2 aromatic heterocycles. The first-order chi connectivity index (χ1) is 10.1. The van der Waals surface area contributed by atoms with Crippen LogP contribution < -0.4 is 0 Å². The van der Waals surface area contributed by atoms with E-state index < -0.39 is 0 Å². The van der Waals surface area contributed by atoms with Gasteiger partial charge in [-0.2, -0.15) is 0 Å². The van der Waals surface area contributed by atoms with E-state index in [1.807, 2.05) is 0 Å². The third-order valence-electron chi connectivity index (χ3n) is 3.99. The highest BCUT2D eigenvalue weighted by atomic mass is 32.1. The second-order valence-electron chi connectivity index (χ2n) is 5.94. The highest BCUT2D eigenvalue weighted by Crippen LogP contribution is 2.27. The molecule has 0 aromatic carbocycles. The maximum atomic E-state index is 5.70. The molecule has 2 aromatic rings. The van der Waals surface area contributed by atoms with Gasteiger partial charge < -0.3 is 9.30 Å². The maximum Gasteiger partial charge on any atom is 0.0954 e. The van der Waals surface area contributed by atoms with Crippen LogP contribution in [0.4, 0.5) is 0 Å². The first-order valence-electron chi connectivity index (χ1n) is 7.52. The predicted octanol–water partition coefficient (Wildman–Crippen LogP) is 3.18. The van der Waals surface area contributed by atoms with Gasteiger partial charge in [-0.05, 0) is 12.1 Å². The van der Waals surface area contributed by atoms with Crippen LogP contribution in [-0.4, -0.2) is 34.2 Å². The van der Waals surface area contributed by atoms with Crippen LogP contribution in [0.5, 0.6) is 0 Å². The molecule has 21 heavy (non-hydrogen) atoms. The van der Waals surface area contributed by atoms with Crippen molar-refractivity contribution < 1.29 is 4.74 Å². The molecule has 1 fully saturated rings. The Morgan fingerprint density at radius 2 is 2.33 bits per heavy atom. The number of ether oxygens (including phenoxy) is 1. The van der Waals surface area contributed by atoms with Gasteiger partial charge >= 0.3 is 0 Å². The van der Waals surface area contributed by atoms with Crippen molar-refractivity contribution in [2.24, 2.45) is 7.05 Å². The Morgan fingerprint density at radius 1 is 1.48 bits per heavy atom. The third kappa shape index (κ3) is 3.20. The molecule has 1 saturated heterocycles. The quantitative estimate of drug-likeness (QED) is 0.869. The van der Waals surface area contributed by atoms with E-state index >= 15 is 0 Å². The minimum atomic E-state index is 0.322. The Balaban J connectivity index is 1.76. The second kappa shape index (κ2) is 6.30. The molecule has 0 unspecified atom stereocenters. The van der Waals surface area contributed by atoms with Crippen molar-refractivity contribution in [1.29, 1.82) is 0 Å². The summed E-state index contributed by atoms with van der Waals surface area (Å²) in [6.45, 7) is 7.84. The predicted molar refractivity (Wildman–Crippen MR) is 85.6 cm³/mol. The van der Waals surface area contributed by atoms with Gasteiger partial charge in [0.1, 0.15) is 0 Å². The van der Waals surface area contributed by atoms with E-state index in [1.54, 1.807) is 11.3 Å². The van der Waals surface area contributed by atoms with Crippen molar-refractivity contribution in [2.75, 3.05) is 19.8 Å². The Kier molecular flexibility index (Phi) is 4.42. The number of hydrogen-bond donors (Lipinski definition) is 0. The van der Waals surface area contributed by atoms with Gasteiger partial charge in [0.15, 0.2) is 0 Å². The van der Waals surface area contributed by atoms with Crippen molar-refractivity contribution >= 4 is 11.3 Å². The summed E-state index contributed by atoms with van der Waals surface area (Å²) in [6.07, 6.45) is 2.10. The molecule has 0 radical (unpaired) electrons. The van der Waals surface area contributed by atoms with Crippen molar-refractivity contribution in [3.8, 4) is 0 Å². The van der Waals surface area contributed by atoms with Crippen LogP contribution in [0.1, 0.15) is 42.2 Å². The molecule has 114 valence electrons. The van der Waals surface area contributed by atoms with Crippen LogP contribution in [0.15, 0.2) is 23.7 Å². The van der Waals surface area contributed by atoms with Crippen molar-refractivity contribution in [3.63, 3.8) is 0 Å². The number of aromatic nitrogens is 2. The summed E-state index contributed by atoms with van der Waals surface area (Å²) in [4.78, 5) is 7.26. The van der Waals surface area contributed by atoms with E-state index in [9.17, 15) is 0 Å². The zero-order valence-corrected chi connectivity index (χ0v) is 13.8. The number of aryl methyl sites for hydroxylation is 1. The summed E-state index contributed by atoms with van der Waals surface area (Å²) < 4.78 is 7.89. The minimum absolute atomic E-state index is 0.322. The lowest BCUT2D eigenvalue weighted by atomic mass is 10.1. The fourth-order valence-electron chi connectivity index (χ4n) is 2.79. The molecular formula is C16H23N3OS. The van der Waals surface area contributed by atoms with E-state index in [2.05, 4.69) is 54.1 Å². The van der Waals surface area contributed by atoms with Crippen LogP contribution in [0.3, 0.4) is 0 Å². The molecule has 5 heteroatoms. The van der Waals surface area contributed by atoms with Crippen molar-refractivity contribution in [2.45, 2.75) is 32.4 Å². The molecule has 0 amide bonds. The summed E-state index contributed by atoms with van der Waals surface area (Å²) in [5.41, 5.74) is 2.50. The Hall–Kier alpha value is -1.17. The number of morpholine rings is 1. The van der Waals surface area contributed by atoms with Gasteiger partial charge in [0, 0.05) is 43.3 Å². The summed E-state index contributed by atoms with van der Waals surface area (Å²) in [5.74, 6) is 0.511.